The van der Waals surface area contributed by atoms with Gasteiger partial charge in [-0.05, 0) is 55.9 Å². The van der Waals surface area contributed by atoms with Crippen LogP contribution in [0.2, 0.25) is 0 Å². The Balaban J connectivity index is 0.00000300. The number of guanidine groups is 1. The van der Waals surface area contributed by atoms with Gasteiger partial charge >= 0.3 is 0 Å². The fourth-order valence-electron chi connectivity index (χ4n) is 3.90. The number of piperidine rings is 1. The van der Waals surface area contributed by atoms with E-state index in [-0.39, 0.29) is 24.0 Å². The van der Waals surface area contributed by atoms with Gasteiger partial charge in [-0.2, -0.15) is 0 Å². The number of nitrogens with one attached hydrogen (secondary N) is 1. The predicted octanol–water partition coefficient (Wildman–Crippen LogP) is 2.66. The molecule has 0 amide bonds. The number of nitrogens with zero attached hydrogens (tertiary/aromatic N) is 3. The number of hydrogen-bond acceptors (Lipinski definition) is 4. The third-order valence-corrected chi connectivity index (χ3v) is 5.87. The summed E-state index contributed by atoms with van der Waals surface area (Å²) in [5.41, 5.74) is 8.74. The van der Waals surface area contributed by atoms with Gasteiger partial charge in [0.15, 0.2) is 5.96 Å². The number of nitrogens with two attached hydrogens (primary N) is 1. The van der Waals surface area contributed by atoms with Crippen LogP contribution in [0.5, 0.6) is 0 Å². The molecule has 164 valence electrons. The smallest absolute Gasteiger partial charge is 0.188 e. The molecule has 0 radical (unpaired) electrons. The van der Waals surface area contributed by atoms with Crippen molar-refractivity contribution in [2.45, 2.75) is 39.3 Å². The summed E-state index contributed by atoms with van der Waals surface area (Å²) in [6, 6.07) is 8.63. The minimum atomic E-state index is 0. The Morgan fingerprint density at radius 1 is 1.10 bits per heavy atom. The van der Waals surface area contributed by atoms with Crippen LogP contribution in [-0.4, -0.2) is 68.2 Å². The van der Waals surface area contributed by atoms with Crippen molar-refractivity contribution < 1.29 is 4.74 Å². The number of likely N-dealkylation sites (tertiary alicyclic amines) is 1. The third kappa shape index (κ3) is 8.78. The average molecular weight is 515 g/mol. The molecule has 2 saturated heterocycles. The lowest BCUT2D eigenvalue weighted by Crippen LogP contribution is -2.39. The van der Waals surface area contributed by atoms with E-state index in [9.17, 15) is 0 Å². The van der Waals surface area contributed by atoms with Gasteiger partial charge < -0.3 is 15.8 Å². The highest BCUT2D eigenvalue weighted by Gasteiger charge is 2.16. The quantitative estimate of drug-likeness (QED) is 0.241. The highest BCUT2D eigenvalue weighted by atomic mass is 127. The summed E-state index contributed by atoms with van der Waals surface area (Å²) >= 11 is 0. The van der Waals surface area contributed by atoms with Crippen molar-refractivity contribution in [2.24, 2.45) is 16.6 Å². The molecule has 3 N–H and O–H groups in total. The molecule has 0 atom stereocenters. The lowest BCUT2D eigenvalue weighted by atomic mass is 9.98. The molecular weight excluding hydrogens is 477 g/mol. The Morgan fingerprint density at radius 2 is 1.79 bits per heavy atom. The van der Waals surface area contributed by atoms with Gasteiger partial charge in [0.2, 0.25) is 0 Å². The molecule has 3 rings (SSSR count). The molecule has 0 saturated carbocycles. The molecule has 0 unspecified atom stereocenters. The van der Waals surface area contributed by atoms with Gasteiger partial charge in [-0.3, -0.25) is 9.80 Å². The summed E-state index contributed by atoms with van der Waals surface area (Å²) in [7, 11) is 0. The molecule has 6 nitrogen and oxygen atoms in total. The maximum absolute atomic E-state index is 6.09. The first kappa shape index (κ1) is 24.4. The highest BCUT2D eigenvalue weighted by molar-refractivity contribution is 14.0. The summed E-state index contributed by atoms with van der Waals surface area (Å²) in [6.07, 6.45) is 3.68. The molecule has 0 aromatic heterocycles. The SMILES string of the molecule is CC1CCN(Cc2ccccc2CN=C(N)NCCCN2CCOCC2)CC1.I. The molecular formula is C22H38IN5O. The third-order valence-electron chi connectivity index (χ3n) is 5.87. The number of aliphatic imine (C=N–C) groups is 1. The van der Waals surface area contributed by atoms with Crippen molar-refractivity contribution in [3.05, 3.63) is 35.4 Å². The second-order valence-corrected chi connectivity index (χ2v) is 8.16. The van der Waals surface area contributed by atoms with Crippen LogP contribution in [0.25, 0.3) is 0 Å². The Kier molecular flexibility index (Phi) is 11.3. The van der Waals surface area contributed by atoms with Crippen LogP contribution in [-0.2, 0) is 17.8 Å². The number of halogens is 1. The van der Waals surface area contributed by atoms with Gasteiger partial charge in [-0.25, -0.2) is 4.99 Å². The second-order valence-electron chi connectivity index (χ2n) is 8.16. The molecule has 2 aliphatic heterocycles. The first-order valence-electron chi connectivity index (χ1n) is 10.8. The van der Waals surface area contributed by atoms with Crippen LogP contribution in [0, 0.1) is 5.92 Å². The Morgan fingerprint density at radius 3 is 2.52 bits per heavy atom. The Labute approximate surface area is 193 Å². The summed E-state index contributed by atoms with van der Waals surface area (Å²) in [4.78, 5) is 9.58. The van der Waals surface area contributed by atoms with E-state index < -0.39 is 0 Å². The summed E-state index contributed by atoms with van der Waals surface area (Å²) in [5, 5.41) is 3.26. The lowest BCUT2D eigenvalue weighted by molar-refractivity contribution is 0.0376. The normalized spacial score (nSPS) is 19.7. The van der Waals surface area contributed by atoms with Gasteiger partial charge in [-0.1, -0.05) is 31.2 Å². The van der Waals surface area contributed by atoms with E-state index in [1.807, 2.05) is 0 Å². The molecule has 29 heavy (non-hydrogen) atoms. The van der Waals surface area contributed by atoms with Crippen LogP contribution in [0.1, 0.15) is 37.3 Å². The molecule has 1 aromatic carbocycles. The van der Waals surface area contributed by atoms with Gasteiger partial charge in [-0.15, -0.1) is 24.0 Å². The van der Waals surface area contributed by atoms with Crippen LogP contribution < -0.4 is 11.1 Å². The maximum atomic E-state index is 6.09. The van der Waals surface area contributed by atoms with Crippen molar-refractivity contribution in [2.75, 3.05) is 52.5 Å². The average Bonchev–Trinajstić information content (AvgIpc) is 2.73. The molecule has 2 aliphatic rings. The van der Waals surface area contributed by atoms with Gasteiger partial charge in [0.05, 0.1) is 19.8 Å². The van der Waals surface area contributed by atoms with Crippen LogP contribution in [0.4, 0.5) is 0 Å². The van der Waals surface area contributed by atoms with E-state index >= 15 is 0 Å². The van der Waals surface area contributed by atoms with E-state index in [1.54, 1.807) is 0 Å². The lowest BCUT2D eigenvalue weighted by Gasteiger charge is -2.30. The summed E-state index contributed by atoms with van der Waals surface area (Å²) in [6.45, 7) is 12.1. The standard InChI is InChI=1S/C22H37N5O.HI/c1-19-7-11-27(12-8-19)18-21-6-3-2-5-20(21)17-25-22(23)24-9-4-10-26-13-15-28-16-14-26;/h2-3,5-6,19H,4,7-18H2,1H3,(H3,23,24,25);1H. The van der Waals surface area contributed by atoms with E-state index in [4.69, 9.17) is 10.5 Å². The molecule has 0 bridgehead atoms. The van der Waals surface area contributed by atoms with Crippen molar-refractivity contribution in [3.8, 4) is 0 Å². The van der Waals surface area contributed by atoms with E-state index in [2.05, 4.69) is 51.3 Å². The summed E-state index contributed by atoms with van der Waals surface area (Å²) < 4.78 is 5.38. The molecule has 0 spiro atoms. The van der Waals surface area contributed by atoms with Crippen molar-refractivity contribution in [1.29, 1.82) is 0 Å². The Bertz CT molecular complexity index is 613. The van der Waals surface area contributed by atoms with Crippen molar-refractivity contribution in [1.82, 2.24) is 15.1 Å². The fourth-order valence-corrected chi connectivity index (χ4v) is 3.90. The maximum Gasteiger partial charge on any atom is 0.188 e. The van der Waals surface area contributed by atoms with Gasteiger partial charge in [0.1, 0.15) is 0 Å². The number of hydrogen-bond donors (Lipinski definition) is 2. The van der Waals surface area contributed by atoms with Gasteiger partial charge in [0, 0.05) is 26.2 Å². The monoisotopic (exact) mass is 515 g/mol. The summed E-state index contributed by atoms with van der Waals surface area (Å²) in [5.74, 6) is 1.41. The van der Waals surface area contributed by atoms with Crippen LogP contribution in [0.3, 0.4) is 0 Å². The van der Waals surface area contributed by atoms with E-state index in [1.165, 1.54) is 37.1 Å². The zero-order valence-electron chi connectivity index (χ0n) is 17.8. The van der Waals surface area contributed by atoms with E-state index in [0.717, 1.165) is 58.3 Å². The topological polar surface area (TPSA) is 66.1 Å². The largest absolute Gasteiger partial charge is 0.379 e. The minimum absolute atomic E-state index is 0. The number of rotatable bonds is 8. The van der Waals surface area contributed by atoms with Crippen molar-refractivity contribution in [3.63, 3.8) is 0 Å². The van der Waals surface area contributed by atoms with Gasteiger partial charge in [0.25, 0.3) is 0 Å². The van der Waals surface area contributed by atoms with Crippen LogP contribution >= 0.6 is 24.0 Å². The first-order chi connectivity index (χ1) is 13.7. The van der Waals surface area contributed by atoms with Crippen molar-refractivity contribution >= 4 is 29.9 Å². The van der Waals surface area contributed by atoms with E-state index in [0.29, 0.717) is 12.5 Å². The van der Waals surface area contributed by atoms with Crippen LogP contribution in [0.15, 0.2) is 29.3 Å². The highest BCUT2D eigenvalue weighted by Crippen LogP contribution is 2.20. The zero-order valence-corrected chi connectivity index (χ0v) is 20.1. The zero-order chi connectivity index (χ0) is 19.6. The predicted molar refractivity (Wildman–Crippen MR) is 131 cm³/mol. The number of ether oxygens (including phenoxy) is 1. The number of benzene rings is 1. The fraction of sp³-hybridized carbons (Fsp3) is 0.682. The Hall–Kier alpha value is -0.900. The molecule has 2 heterocycles. The number of morpholine rings is 1. The molecule has 1 aromatic rings. The molecule has 0 aliphatic carbocycles. The first-order valence-corrected chi connectivity index (χ1v) is 10.8. The second kappa shape index (κ2) is 13.4. The minimum Gasteiger partial charge on any atom is -0.379 e. The molecule has 7 heteroatoms. The molecule has 2 fully saturated rings.